The van der Waals surface area contributed by atoms with Crippen LogP contribution in [0.1, 0.15) is 74.6 Å². The molecule has 0 aliphatic rings. The van der Waals surface area contributed by atoms with Gasteiger partial charge in [-0.15, -0.1) is 0 Å². The first-order chi connectivity index (χ1) is 18.3. The van der Waals surface area contributed by atoms with E-state index < -0.39 is 5.41 Å². The number of ether oxygens (including phenoxy) is 2. The Morgan fingerprint density at radius 3 is 1.14 bits per heavy atom. The Hall–Kier alpha value is -3.52. The average molecular weight is 493 g/mol. The Morgan fingerprint density at radius 2 is 0.784 bits per heavy atom. The summed E-state index contributed by atoms with van der Waals surface area (Å²) in [6, 6.07) is 39.0. The standard InChI is InChI=1S/C35H40O2/c1-3-5-13-27-36-33-23-19-31(20-24-33)35(29-15-9-7-10-16-29,30-17-11-8-12-18-30)32-21-25-34(26-22-32)37-28-14-6-4-2/h7-12,15-26H,3-6,13-14,27-28H2,1-2H3. The zero-order valence-corrected chi connectivity index (χ0v) is 22.4. The van der Waals surface area contributed by atoms with Crippen LogP contribution in [0.2, 0.25) is 0 Å². The minimum absolute atomic E-state index is 0.468. The van der Waals surface area contributed by atoms with Gasteiger partial charge in [0.25, 0.3) is 0 Å². The van der Waals surface area contributed by atoms with Gasteiger partial charge in [0.2, 0.25) is 0 Å². The van der Waals surface area contributed by atoms with Crippen molar-refractivity contribution in [2.45, 2.75) is 57.8 Å². The number of rotatable bonds is 14. The normalized spacial score (nSPS) is 11.3. The van der Waals surface area contributed by atoms with Gasteiger partial charge in [-0.05, 0) is 59.4 Å². The summed E-state index contributed by atoms with van der Waals surface area (Å²) in [5.74, 6) is 1.84. The van der Waals surface area contributed by atoms with Crippen molar-refractivity contribution in [1.82, 2.24) is 0 Å². The molecule has 0 aliphatic heterocycles. The van der Waals surface area contributed by atoms with Gasteiger partial charge in [-0.3, -0.25) is 0 Å². The van der Waals surface area contributed by atoms with Crippen LogP contribution in [0.4, 0.5) is 0 Å². The second-order valence-electron chi connectivity index (χ2n) is 9.64. The second-order valence-corrected chi connectivity index (χ2v) is 9.64. The van der Waals surface area contributed by atoms with E-state index in [2.05, 4.69) is 123 Å². The van der Waals surface area contributed by atoms with E-state index in [9.17, 15) is 0 Å². The van der Waals surface area contributed by atoms with E-state index in [-0.39, 0.29) is 0 Å². The molecule has 0 aromatic heterocycles. The molecule has 4 rings (SSSR count). The number of benzene rings is 4. The molecule has 0 spiro atoms. The van der Waals surface area contributed by atoms with E-state index in [1.165, 1.54) is 47.9 Å². The Labute approximate surface area is 223 Å². The summed E-state index contributed by atoms with van der Waals surface area (Å²) in [4.78, 5) is 0. The molecule has 0 radical (unpaired) electrons. The molecule has 0 N–H and O–H groups in total. The van der Waals surface area contributed by atoms with E-state index in [0.29, 0.717) is 0 Å². The third kappa shape index (κ3) is 6.43. The molecule has 0 unspecified atom stereocenters. The predicted molar refractivity (Wildman–Crippen MR) is 155 cm³/mol. The van der Waals surface area contributed by atoms with Gasteiger partial charge in [0.1, 0.15) is 11.5 Å². The quantitative estimate of drug-likeness (QED) is 0.129. The second kappa shape index (κ2) is 13.7. The van der Waals surface area contributed by atoms with Crippen molar-refractivity contribution >= 4 is 0 Å². The summed E-state index contributed by atoms with van der Waals surface area (Å²) >= 11 is 0. The largest absolute Gasteiger partial charge is 0.494 e. The maximum atomic E-state index is 6.05. The van der Waals surface area contributed by atoms with Gasteiger partial charge < -0.3 is 9.47 Å². The summed E-state index contributed by atoms with van der Waals surface area (Å²) in [7, 11) is 0. The van der Waals surface area contributed by atoms with Crippen LogP contribution in [0.25, 0.3) is 0 Å². The fourth-order valence-corrected chi connectivity index (χ4v) is 5.06. The Balaban J connectivity index is 1.76. The van der Waals surface area contributed by atoms with Crippen molar-refractivity contribution in [1.29, 1.82) is 0 Å². The first-order valence-electron chi connectivity index (χ1n) is 13.9. The molecular weight excluding hydrogens is 452 g/mol. The van der Waals surface area contributed by atoms with Gasteiger partial charge in [-0.2, -0.15) is 0 Å². The highest BCUT2D eigenvalue weighted by Gasteiger charge is 2.38. The van der Waals surface area contributed by atoms with Crippen LogP contribution in [-0.2, 0) is 5.41 Å². The van der Waals surface area contributed by atoms with Crippen molar-refractivity contribution < 1.29 is 9.47 Å². The summed E-state index contributed by atoms with van der Waals surface area (Å²) in [5, 5.41) is 0. The molecular formula is C35H40O2. The summed E-state index contributed by atoms with van der Waals surface area (Å²) in [6.45, 7) is 5.95. The van der Waals surface area contributed by atoms with Crippen LogP contribution >= 0.6 is 0 Å². The van der Waals surface area contributed by atoms with E-state index in [0.717, 1.165) is 37.6 Å². The van der Waals surface area contributed by atoms with Crippen molar-refractivity contribution in [3.8, 4) is 11.5 Å². The summed E-state index contributed by atoms with van der Waals surface area (Å²) in [5.41, 5.74) is 4.41. The monoisotopic (exact) mass is 492 g/mol. The molecule has 0 amide bonds. The molecule has 0 saturated carbocycles. The summed E-state index contributed by atoms with van der Waals surface area (Å²) < 4.78 is 12.1. The molecule has 37 heavy (non-hydrogen) atoms. The third-order valence-corrected chi connectivity index (χ3v) is 7.02. The highest BCUT2D eigenvalue weighted by molar-refractivity contribution is 5.60. The number of unbranched alkanes of at least 4 members (excludes halogenated alkanes) is 4. The molecule has 0 fully saturated rings. The van der Waals surface area contributed by atoms with Gasteiger partial charge in [0.15, 0.2) is 0 Å². The van der Waals surface area contributed by atoms with Crippen LogP contribution in [-0.4, -0.2) is 13.2 Å². The molecule has 4 aromatic rings. The first kappa shape index (κ1) is 26.5. The van der Waals surface area contributed by atoms with Gasteiger partial charge in [-0.1, -0.05) is 124 Å². The minimum Gasteiger partial charge on any atom is -0.494 e. The molecule has 2 heteroatoms. The molecule has 0 aliphatic carbocycles. The van der Waals surface area contributed by atoms with Crippen LogP contribution in [0, 0.1) is 0 Å². The molecule has 0 atom stereocenters. The third-order valence-electron chi connectivity index (χ3n) is 7.02. The lowest BCUT2D eigenvalue weighted by Crippen LogP contribution is -2.31. The maximum Gasteiger partial charge on any atom is 0.119 e. The van der Waals surface area contributed by atoms with Crippen molar-refractivity contribution in [2.75, 3.05) is 13.2 Å². The maximum absolute atomic E-state index is 6.05. The van der Waals surface area contributed by atoms with E-state index >= 15 is 0 Å². The van der Waals surface area contributed by atoms with E-state index in [1.807, 2.05) is 0 Å². The lowest BCUT2D eigenvalue weighted by molar-refractivity contribution is 0.306. The number of hydrogen-bond acceptors (Lipinski definition) is 2. The molecule has 0 saturated heterocycles. The number of hydrogen-bond donors (Lipinski definition) is 0. The fraction of sp³-hybridized carbons (Fsp3) is 0.314. The lowest BCUT2D eigenvalue weighted by Gasteiger charge is -2.37. The molecule has 0 heterocycles. The van der Waals surface area contributed by atoms with Crippen molar-refractivity contribution in [3.05, 3.63) is 131 Å². The predicted octanol–water partition coefficient (Wildman–Crippen LogP) is 9.21. The Kier molecular flexibility index (Phi) is 9.82. The fourth-order valence-electron chi connectivity index (χ4n) is 5.06. The molecule has 0 bridgehead atoms. The highest BCUT2D eigenvalue weighted by Crippen LogP contribution is 2.45. The zero-order valence-electron chi connectivity index (χ0n) is 22.4. The van der Waals surface area contributed by atoms with Crippen LogP contribution in [0.3, 0.4) is 0 Å². The van der Waals surface area contributed by atoms with E-state index in [4.69, 9.17) is 9.47 Å². The van der Waals surface area contributed by atoms with Gasteiger partial charge in [0, 0.05) is 0 Å². The zero-order chi connectivity index (χ0) is 25.8. The molecule has 2 nitrogen and oxygen atoms in total. The van der Waals surface area contributed by atoms with Crippen LogP contribution in [0.15, 0.2) is 109 Å². The SMILES string of the molecule is CCCCCOc1ccc(C(c2ccccc2)(c2ccccc2)c2ccc(OCCCCC)cc2)cc1. The van der Waals surface area contributed by atoms with Gasteiger partial charge in [-0.25, -0.2) is 0 Å². The highest BCUT2D eigenvalue weighted by atomic mass is 16.5. The van der Waals surface area contributed by atoms with Crippen molar-refractivity contribution in [3.63, 3.8) is 0 Å². The topological polar surface area (TPSA) is 18.5 Å². The van der Waals surface area contributed by atoms with Gasteiger partial charge in [0.05, 0.1) is 18.6 Å². The Morgan fingerprint density at radius 1 is 0.432 bits per heavy atom. The Bertz CT molecular complexity index is 1070. The smallest absolute Gasteiger partial charge is 0.119 e. The first-order valence-corrected chi connectivity index (χ1v) is 13.9. The summed E-state index contributed by atoms with van der Waals surface area (Å²) in [6.07, 6.45) is 6.96. The van der Waals surface area contributed by atoms with Gasteiger partial charge >= 0.3 is 0 Å². The lowest BCUT2D eigenvalue weighted by atomic mass is 9.65. The van der Waals surface area contributed by atoms with Crippen molar-refractivity contribution in [2.24, 2.45) is 0 Å². The molecule has 192 valence electrons. The van der Waals surface area contributed by atoms with E-state index in [1.54, 1.807) is 0 Å². The minimum atomic E-state index is -0.468. The molecule has 4 aromatic carbocycles. The average Bonchev–Trinajstić information content (AvgIpc) is 2.96. The van der Waals surface area contributed by atoms with Crippen LogP contribution < -0.4 is 9.47 Å². The van der Waals surface area contributed by atoms with Crippen LogP contribution in [0.5, 0.6) is 11.5 Å².